The van der Waals surface area contributed by atoms with Crippen LogP contribution in [-0.4, -0.2) is 44.7 Å². The predicted octanol–water partition coefficient (Wildman–Crippen LogP) is 3.43. The second kappa shape index (κ2) is 7.92. The molecule has 0 spiro atoms. The number of benzene rings is 1. The number of rotatable bonds is 6. The van der Waals surface area contributed by atoms with Crippen molar-refractivity contribution < 1.29 is 40.6 Å². The molecule has 0 heterocycles. The van der Waals surface area contributed by atoms with E-state index in [1.54, 1.807) is 18.2 Å². The first kappa shape index (κ1) is 21.7. The lowest BCUT2D eigenvalue weighted by atomic mass is 10.0. The van der Waals surface area contributed by atoms with E-state index in [-0.39, 0.29) is 19.9 Å². The molecule has 2 amide bonds. The maximum absolute atomic E-state index is 12.7. The first-order valence-electron chi connectivity index (χ1n) is 7.26. The van der Waals surface area contributed by atoms with Crippen molar-refractivity contribution in [1.82, 2.24) is 10.6 Å². The smallest absolute Gasteiger partial charge is 0.420 e. The molecule has 0 bridgehead atoms. The Labute approximate surface area is 145 Å². The van der Waals surface area contributed by atoms with Crippen LogP contribution in [0, 0.1) is 0 Å². The van der Waals surface area contributed by atoms with Crippen LogP contribution in [0.1, 0.15) is 12.5 Å². The molecule has 0 fully saturated rings. The molecule has 2 N–H and O–H groups in total. The number of urea groups is 1. The fourth-order valence-corrected chi connectivity index (χ4v) is 1.93. The summed E-state index contributed by atoms with van der Waals surface area (Å²) in [5, 5.41) is 2.93. The maximum atomic E-state index is 12.7. The van der Waals surface area contributed by atoms with E-state index in [9.17, 15) is 31.1 Å². The molecular formula is C15H18F6N2O3. The van der Waals surface area contributed by atoms with Gasteiger partial charge in [0.05, 0.1) is 14.2 Å². The molecule has 0 aliphatic carbocycles. The fraction of sp³-hybridized carbons (Fsp3) is 0.533. The van der Waals surface area contributed by atoms with Crippen LogP contribution in [0.25, 0.3) is 0 Å². The summed E-state index contributed by atoms with van der Waals surface area (Å²) >= 11 is 0. The maximum Gasteiger partial charge on any atom is 0.420 e. The summed E-state index contributed by atoms with van der Waals surface area (Å²) < 4.78 is 86.4. The minimum atomic E-state index is -5.70. The molecular weight excluding hydrogens is 370 g/mol. The molecule has 1 aromatic rings. The number of amides is 2. The molecule has 148 valence electrons. The Morgan fingerprint density at radius 3 is 2.00 bits per heavy atom. The summed E-state index contributed by atoms with van der Waals surface area (Å²) in [4.78, 5) is 11.5. The standard InChI is InChI=1S/C15H18F6N2O3/c1-13(14(16,17)18,15(19,20)21)23-12(24)22-7-6-9-4-5-10(25-2)11(8-9)26-3/h4-5,8H,6-7H2,1-3H3,(H2,22,23,24). The van der Waals surface area contributed by atoms with Crippen molar-refractivity contribution in [3.05, 3.63) is 23.8 Å². The number of alkyl halides is 6. The van der Waals surface area contributed by atoms with E-state index in [2.05, 4.69) is 0 Å². The van der Waals surface area contributed by atoms with Gasteiger partial charge in [-0.3, -0.25) is 0 Å². The minimum absolute atomic E-state index is 0.138. The molecule has 0 radical (unpaired) electrons. The number of hydrogen-bond donors (Lipinski definition) is 2. The van der Waals surface area contributed by atoms with Crippen molar-refractivity contribution in [1.29, 1.82) is 0 Å². The van der Waals surface area contributed by atoms with Gasteiger partial charge in [0.1, 0.15) is 0 Å². The number of carbonyl (C=O) groups is 1. The van der Waals surface area contributed by atoms with Gasteiger partial charge in [0, 0.05) is 6.54 Å². The Hall–Kier alpha value is -2.33. The molecule has 0 aliphatic rings. The second-order valence-electron chi connectivity index (χ2n) is 5.44. The number of carbonyl (C=O) groups excluding carboxylic acids is 1. The average Bonchev–Trinajstić information content (AvgIpc) is 2.52. The Bertz CT molecular complexity index is 617. The van der Waals surface area contributed by atoms with Gasteiger partial charge in [-0.05, 0) is 31.0 Å². The van der Waals surface area contributed by atoms with Gasteiger partial charge in [-0.15, -0.1) is 0 Å². The van der Waals surface area contributed by atoms with Crippen LogP contribution in [0.15, 0.2) is 18.2 Å². The number of ether oxygens (including phenoxy) is 2. The van der Waals surface area contributed by atoms with Gasteiger partial charge < -0.3 is 20.1 Å². The molecule has 0 aromatic heterocycles. The zero-order valence-corrected chi connectivity index (χ0v) is 14.1. The van der Waals surface area contributed by atoms with Crippen molar-refractivity contribution in [2.24, 2.45) is 0 Å². The van der Waals surface area contributed by atoms with Crippen LogP contribution < -0.4 is 20.1 Å². The van der Waals surface area contributed by atoms with Gasteiger partial charge in [-0.25, -0.2) is 4.79 Å². The lowest BCUT2D eigenvalue weighted by Gasteiger charge is -2.34. The Kier molecular flexibility index (Phi) is 6.61. The van der Waals surface area contributed by atoms with Gasteiger partial charge in [-0.1, -0.05) is 6.07 Å². The number of methoxy groups -OCH3 is 2. The largest absolute Gasteiger partial charge is 0.493 e. The van der Waals surface area contributed by atoms with E-state index in [0.717, 1.165) is 5.32 Å². The third-order valence-electron chi connectivity index (χ3n) is 3.64. The summed E-state index contributed by atoms with van der Waals surface area (Å²) in [6.07, 6.45) is -11.2. The first-order chi connectivity index (χ1) is 11.9. The lowest BCUT2D eigenvalue weighted by Crippen LogP contribution is -2.67. The van der Waals surface area contributed by atoms with E-state index in [1.807, 2.05) is 5.32 Å². The molecule has 5 nitrogen and oxygen atoms in total. The van der Waals surface area contributed by atoms with Crippen LogP contribution in [-0.2, 0) is 6.42 Å². The lowest BCUT2D eigenvalue weighted by molar-refractivity contribution is -0.297. The van der Waals surface area contributed by atoms with Crippen molar-refractivity contribution in [2.75, 3.05) is 20.8 Å². The highest BCUT2D eigenvalue weighted by molar-refractivity contribution is 5.75. The number of hydrogen-bond acceptors (Lipinski definition) is 3. The Morgan fingerprint density at radius 1 is 1.00 bits per heavy atom. The van der Waals surface area contributed by atoms with E-state index < -0.39 is 23.9 Å². The van der Waals surface area contributed by atoms with Gasteiger partial charge in [0.15, 0.2) is 11.5 Å². The summed E-state index contributed by atoms with van der Waals surface area (Å²) in [5.74, 6) is 0.851. The second-order valence-corrected chi connectivity index (χ2v) is 5.44. The molecule has 0 saturated heterocycles. The van der Waals surface area contributed by atoms with Crippen molar-refractivity contribution in [2.45, 2.75) is 31.2 Å². The highest BCUT2D eigenvalue weighted by atomic mass is 19.4. The van der Waals surface area contributed by atoms with Crippen LogP contribution in [0.2, 0.25) is 0 Å². The van der Waals surface area contributed by atoms with Crippen molar-refractivity contribution in [3.8, 4) is 11.5 Å². The van der Waals surface area contributed by atoms with E-state index in [1.165, 1.54) is 14.2 Å². The number of halogens is 6. The Morgan fingerprint density at radius 2 is 1.54 bits per heavy atom. The fourth-order valence-electron chi connectivity index (χ4n) is 1.93. The molecule has 11 heteroatoms. The molecule has 26 heavy (non-hydrogen) atoms. The molecule has 0 aliphatic heterocycles. The first-order valence-corrected chi connectivity index (χ1v) is 7.26. The zero-order valence-electron chi connectivity index (χ0n) is 14.1. The summed E-state index contributed by atoms with van der Waals surface area (Å²) in [7, 11) is 2.84. The van der Waals surface area contributed by atoms with Crippen LogP contribution in [0.4, 0.5) is 31.1 Å². The summed E-state index contributed by atoms with van der Waals surface area (Å²) in [5.41, 5.74) is -3.72. The third kappa shape index (κ3) is 4.85. The minimum Gasteiger partial charge on any atom is -0.493 e. The Balaban J connectivity index is 2.70. The number of nitrogens with one attached hydrogen (secondary N) is 2. The highest BCUT2D eigenvalue weighted by Gasteiger charge is 2.68. The molecule has 0 unspecified atom stereocenters. The van der Waals surface area contributed by atoms with Crippen molar-refractivity contribution in [3.63, 3.8) is 0 Å². The van der Waals surface area contributed by atoms with Crippen LogP contribution in [0.3, 0.4) is 0 Å². The third-order valence-corrected chi connectivity index (χ3v) is 3.64. The van der Waals surface area contributed by atoms with E-state index >= 15 is 0 Å². The highest BCUT2D eigenvalue weighted by Crippen LogP contribution is 2.42. The van der Waals surface area contributed by atoms with Gasteiger partial charge in [0.25, 0.3) is 0 Å². The predicted molar refractivity (Wildman–Crippen MR) is 80.3 cm³/mol. The zero-order chi connectivity index (χ0) is 20.2. The molecule has 0 atom stereocenters. The normalized spacial score (nSPS) is 12.5. The van der Waals surface area contributed by atoms with Gasteiger partial charge in [-0.2, -0.15) is 26.3 Å². The molecule has 1 aromatic carbocycles. The summed E-state index contributed by atoms with van der Waals surface area (Å²) in [6.45, 7) is -0.325. The van der Waals surface area contributed by atoms with E-state index in [4.69, 9.17) is 9.47 Å². The van der Waals surface area contributed by atoms with E-state index in [0.29, 0.717) is 17.1 Å². The van der Waals surface area contributed by atoms with Crippen LogP contribution >= 0.6 is 0 Å². The molecule has 1 rings (SSSR count). The topological polar surface area (TPSA) is 59.6 Å². The van der Waals surface area contributed by atoms with Crippen LogP contribution in [0.5, 0.6) is 11.5 Å². The summed E-state index contributed by atoms with van der Waals surface area (Å²) in [6, 6.07) is 3.20. The van der Waals surface area contributed by atoms with Gasteiger partial charge in [0.2, 0.25) is 5.54 Å². The quantitative estimate of drug-likeness (QED) is 0.735. The van der Waals surface area contributed by atoms with Crippen molar-refractivity contribution >= 4 is 6.03 Å². The SMILES string of the molecule is COc1ccc(CCNC(=O)NC(C)(C(F)(F)F)C(F)(F)F)cc1OC. The van der Waals surface area contributed by atoms with Gasteiger partial charge >= 0.3 is 18.4 Å². The average molecular weight is 388 g/mol. The molecule has 0 saturated carbocycles. The monoisotopic (exact) mass is 388 g/mol.